The zero-order valence-electron chi connectivity index (χ0n) is 14.9. The number of hydrogen-bond acceptors (Lipinski definition) is 5. The third kappa shape index (κ3) is 4.63. The highest BCUT2D eigenvalue weighted by molar-refractivity contribution is 5.95. The van der Waals surface area contributed by atoms with Crippen molar-refractivity contribution < 1.29 is 24.2 Å². The Hall–Kier alpha value is -2.28. The minimum absolute atomic E-state index is 0.0812. The molecule has 7 heteroatoms. The highest BCUT2D eigenvalue weighted by atomic mass is 16.5. The molecule has 0 unspecified atom stereocenters. The quantitative estimate of drug-likeness (QED) is 0.767. The van der Waals surface area contributed by atoms with Gasteiger partial charge < -0.3 is 24.8 Å². The number of ether oxygens (including phenoxy) is 2. The fourth-order valence-electron chi connectivity index (χ4n) is 3.01. The summed E-state index contributed by atoms with van der Waals surface area (Å²) in [6.45, 7) is 6.86. The summed E-state index contributed by atoms with van der Waals surface area (Å²) in [5.41, 5.74) is 0.493. The third-order valence-electron chi connectivity index (χ3n) is 4.14. The lowest BCUT2D eigenvalue weighted by Crippen LogP contribution is -2.40. The maximum absolute atomic E-state index is 12.8. The molecule has 0 spiro atoms. The molecular formula is C18H26N2O5. The van der Waals surface area contributed by atoms with Gasteiger partial charge in [0.05, 0.1) is 19.3 Å². The second-order valence-electron chi connectivity index (χ2n) is 5.99. The molecular weight excluding hydrogens is 324 g/mol. The molecule has 2 rings (SSSR count). The maximum Gasteiger partial charge on any atom is 0.254 e. The molecule has 2 N–H and O–H groups in total. The lowest BCUT2D eigenvalue weighted by atomic mass is 10.1. The first-order valence-corrected chi connectivity index (χ1v) is 8.57. The molecule has 1 saturated heterocycles. The summed E-state index contributed by atoms with van der Waals surface area (Å²) in [4.78, 5) is 25.7. The summed E-state index contributed by atoms with van der Waals surface area (Å²) in [5, 5.41) is 12.3. The van der Waals surface area contributed by atoms with E-state index in [1.54, 1.807) is 23.1 Å². The first-order valence-electron chi connectivity index (χ1n) is 8.57. The second-order valence-corrected chi connectivity index (χ2v) is 5.99. The Balaban J connectivity index is 2.17. The fourth-order valence-corrected chi connectivity index (χ4v) is 3.01. The van der Waals surface area contributed by atoms with Crippen molar-refractivity contribution in [3.8, 4) is 11.5 Å². The number of carbonyl (C=O) groups is 2. The molecule has 1 aromatic rings. The van der Waals surface area contributed by atoms with E-state index in [1.807, 2.05) is 13.8 Å². The number of hydrogen-bond donors (Lipinski definition) is 2. The Labute approximate surface area is 147 Å². The van der Waals surface area contributed by atoms with E-state index in [4.69, 9.17) is 9.47 Å². The van der Waals surface area contributed by atoms with Crippen molar-refractivity contribution in [3.63, 3.8) is 0 Å². The maximum atomic E-state index is 12.8. The number of rotatable bonds is 7. The van der Waals surface area contributed by atoms with Gasteiger partial charge in [-0.05, 0) is 32.0 Å². The van der Waals surface area contributed by atoms with Crippen LogP contribution in [-0.2, 0) is 4.79 Å². The molecule has 1 aromatic carbocycles. The number of amides is 2. The van der Waals surface area contributed by atoms with Gasteiger partial charge in [0.2, 0.25) is 5.91 Å². The molecule has 7 nitrogen and oxygen atoms in total. The Morgan fingerprint density at radius 2 is 1.88 bits per heavy atom. The van der Waals surface area contributed by atoms with Gasteiger partial charge >= 0.3 is 0 Å². The molecule has 1 fully saturated rings. The molecule has 1 aliphatic heterocycles. The van der Waals surface area contributed by atoms with Crippen LogP contribution in [0.4, 0.5) is 0 Å². The second kappa shape index (κ2) is 8.71. The molecule has 138 valence electrons. The highest BCUT2D eigenvalue weighted by Gasteiger charge is 2.35. The normalized spacial score (nSPS) is 19.6. The number of likely N-dealkylation sites (tertiary alicyclic amines) is 1. The Morgan fingerprint density at radius 1 is 1.20 bits per heavy atom. The van der Waals surface area contributed by atoms with E-state index in [0.29, 0.717) is 43.4 Å². The fraction of sp³-hybridized carbons (Fsp3) is 0.556. The first kappa shape index (κ1) is 19.1. The molecule has 0 aromatic heterocycles. The van der Waals surface area contributed by atoms with Crippen LogP contribution in [-0.4, -0.2) is 60.8 Å². The van der Waals surface area contributed by atoms with Crippen molar-refractivity contribution >= 4 is 11.8 Å². The van der Waals surface area contributed by atoms with Crippen LogP contribution in [0.1, 0.15) is 31.1 Å². The first-order chi connectivity index (χ1) is 12.0. The molecule has 1 heterocycles. The average molecular weight is 350 g/mol. The van der Waals surface area contributed by atoms with Gasteiger partial charge in [0.15, 0.2) is 11.5 Å². The molecule has 0 radical (unpaired) electrons. The molecule has 1 aliphatic rings. The minimum Gasteiger partial charge on any atom is -0.490 e. The van der Waals surface area contributed by atoms with E-state index in [1.165, 1.54) is 6.92 Å². The van der Waals surface area contributed by atoms with Crippen molar-refractivity contribution in [2.45, 2.75) is 26.8 Å². The molecule has 0 saturated carbocycles. The number of nitrogens with zero attached hydrogens (tertiary/aromatic N) is 1. The highest BCUT2D eigenvalue weighted by Crippen LogP contribution is 2.30. The van der Waals surface area contributed by atoms with Gasteiger partial charge in [-0.15, -0.1) is 0 Å². The predicted octanol–water partition coefficient (Wildman–Crippen LogP) is 1.05. The Bertz CT molecular complexity index is 619. The zero-order valence-corrected chi connectivity index (χ0v) is 14.9. The molecule has 0 bridgehead atoms. The topological polar surface area (TPSA) is 88.1 Å². The number of benzene rings is 1. The summed E-state index contributed by atoms with van der Waals surface area (Å²) in [6.07, 6.45) is 0. The predicted molar refractivity (Wildman–Crippen MR) is 92.9 cm³/mol. The SMILES string of the molecule is CCOc1ccc(C(=O)N2C[C@@H](CO)[C@H](NC(C)=O)C2)cc1OCC. The smallest absolute Gasteiger partial charge is 0.254 e. The molecule has 0 aliphatic carbocycles. The van der Waals surface area contributed by atoms with Crippen LogP contribution in [0.25, 0.3) is 0 Å². The van der Waals surface area contributed by atoms with E-state index in [0.717, 1.165) is 0 Å². The van der Waals surface area contributed by atoms with E-state index in [-0.39, 0.29) is 30.4 Å². The van der Waals surface area contributed by atoms with Gasteiger partial charge in [-0.3, -0.25) is 9.59 Å². The van der Waals surface area contributed by atoms with Crippen LogP contribution in [0.2, 0.25) is 0 Å². The van der Waals surface area contributed by atoms with Crippen molar-refractivity contribution in [1.82, 2.24) is 10.2 Å². The number of nitrogens with one attached hydrogen (secondary N) is 1. The number of aliphatic hydroxyl groups is 1. The van der Waals surface area contributed by atoms with Gasteiger partial charge in [0.25, 0.3) is 5.91 Å². The standard InChI is InChI=1S/C18H26N2O5/c1-4-24-16-7-6-13(8-17(16)25-5-2)18(23)20-9-14(11-21)15(10-20)19-12(3)22/h6-8,14-15,21H,4-5,9-11H2,1-3H3,(H,19,22)/t14-,15+/m0/s1. The van der Waals surface area contributed by atoms with E-state index in [9.17, 15) is 14.7 Å². The molecule has 25 heavy (non-hydrogen) atoms. The van der Waals surface area contributed by atoms with E-state index < -0.39 is 0 Å². The summed E-state index contributed by atoms with van der Waals surface area (Å²) >= 11 is 0. The van der Waals surface area contributed by atoms with E-state index in [2.05, 4.69) is 5.32 Å². The van der Waals surface area contributed by atoms with Crippen LogP contribution in [0.5, 0.6) is 11.5 Å². The van der Waals surface area contributed by atoms with Crippen LogP contribution in [0.3, 0.4) is 0 Å². The Kier molecular flexibility index (Phi) is 6.64. The largest absolute Gasteiger partial charge is 0.490 e. The lowest BCUT2D eigenvalue weighted by molar-refractivity contribution is -0.119. The van der Waals surface area contributed by atoms with Crippen LogP contribution < -0.4 is 14.8 Å². The van der Waals surface area contributed by atoms with Gasteiger partial charge in [-0.1, -0.05) is 0 Å². The molecule has 2 atom stereocenters. The zero-order chi connectivity index (χ0) is 18.4. The van der Waals surface area contributed by atoms with Crippen molar-refractivity contribution in [3.05, 3.63) is 23.8 Å². The monoisotopic (exact) mass is 350 g/mol. The summed E-state index contributed by atoms with van der Waals surface area (Å²) in [7, 11) is 0. The van der Waals surface area contributed by atoms with Gasteiger partial charge in [0, 0.05) is 38.1 Å². The summed E-state index contributed by atoms with van der Waals surface area (Å²) in [5.74, 6) is 0.646. The van der Waals surface area contributed by atoms with Crippen LogP contribution in [0.15, 0.2) is 18.2 Å². The van der Waals surface area contributed by atoms with Crippen molar-refractivity contribution in [2.75, 3.05) is 32.9 Å². The molecule has 2 amide bonds. The van der Waals surface area contributed by atoms with Crippen molar-refractivity contribution in [2.24, 2.45) is 5.92 Å². The van der Waals surface area contributed by atoms with Crippen LogP contribution >= 0.6 is 0 Å². The van der Waals surface area contributed by atoms with Crippen LogP contribution in [0, 0.1) is 5.92 Å². The lowest BCUT2D eigenvalue weighted by Gasteiger charge is -2.18. The average Bonchev–Trinajstić information content (AvgIpc) is 2.98. The number of carbonyl (C=O) groups excluding carboxylic acids is 2. The third-order valence-corrected chi connectivity index (χ3v) is 4.14. The minimum atomic E-state index is -0.236. The van der Waals surface area contributed by atoms with Gasteiger partial charge in [-0.25, -0.2) is 0 Å². The number of aliphatic hydroxyl groups excluding tert-OH is 1. The van der Waals surface area contributed by atoms with E-state index >= 15 is 0 Å². The van der Waals surface area contributed by atoms with Crippen molar-refractivity contribution in [1.29, 1.82) is 0 Å². The van der Waals surface area contributed by atoms with Gasteiger partial charge in [-0.2, -0.15) is 0 Å². The summed E-state index contributed by atoms with van der Waals surface area (Å²) in [6, 6.07) is 4.87. The summed E-state index contributed by atoms with van der Waals surface area (Å²) < 4.78 is 11.1. The van der Waals surface area contributed by atoms with Gasteiger partial charge in [0.1, 0.15) is 0 Å². The Morgan fingerprint density at radius 3 is 2.48 bits per heavy atom.